The summed E-state index contributed by atoms with van der Waals surface area (Å²) < 4.78 is 3.68. The Morgan fingerprint density at radius 3 is 1.94 bits per heavy atom. The van der Waals surface area contributed by atoms with E-state index < -0.39 is 0 Å². The average molecular weight is 644 g/mol. The molecule has 0 fully saturated rings. The van der Waals surface area contributed by atoms with E-state index in [4.69, 9.17) is 4.98 Å². The van der Waals surface area contributed by atoms with Crippen molar-refractivity contribution in [2.24, 2.45) is 0 Å². The third-order valence-electron chi connectivity index (χ3n) is 9.62. The maximum Gasteiger partial charge on any atom is 0.124 e. The largest absolute Gasteiger partial charge is 0.310 e. The molecule has 0 bridgehead atoms. The smallest absolute Gasteiger partial charge is 0.124 e. The van der Waals surface area contributed by atoms with E-state index >= 15 is 0 Å². The van der Waals surface area contributed by atoms with Gasteiger partial charge in [-0.05, 0) is 77.0 Å². The molecule has 0 unspecified atom stereocenters. The average Bonchev–Trinajstić information content (AvgIpc) is 3.71. The molecule has 0 aliphatic carbocycles. The Kier molecular flexibility index (Phi) is 6.36. The molecule has 3 aromatic heterocycles. The van der Waals surface area contributed by atoms with Gasteiger partial charge in [0.15, 0.2) is 0 Å². The van der Waals surface area contributed by atoms with E-state index in [-0.39, 0.29) is 0 Å². The number of rotatable bonds is 5. The van der Waals surface area contributed by atoms with Gasteiger partial charge in [0.2, 0.25) is 0 Å². The minimum absolute atomic E-state index is 1.07. The van der Waals surface area contributed by atoms with Gasteiger partial charge in [0.1, 0.15) is 4.83 Å². The Labute approximate surface area is 287 Å². The van der Waals surface area contributed by atoms with Crippen molar-refractivity contribution in [3.8, 4) is 16.8 Å². The van der Waals surface area contributed by atoms with Crippen LogP contribution in [0.15, 0.2) is 176 Å². The summed E-state index contributed by atoms with van der Waals surface area (Å²) in [6, 6.07) is 61.1. The van der Waals surface area contributed by atoms with Gasteiger partial charge in [-0.15, -0.1) is 11.3 Å². The van der Waals surface area contributed by atoms with Crippen molar-refractivity contribution in [3.63, 3.8) is 0 Å². The second-order valence-corrected chi connectivity index (χ2v) is 13.4. The van der Waals surface area contributed by atoms with Crippen LogP contribution in [0.4, 0.5) is 17.1 Å². The van der Waals surface area contributed by atoms with E-state index in [9.17, 15) is 0 Å². The molecule has 0 saturated carbocycles. The molecular formula is C45H29N3S. The molecule has 230 valence electrons. The highest BCUT2D eigenvalue weighted by Gasteiger charge is 2.18. The Morgan fingerprint density at radius 2 is 1.10 bits per heavy atom. The van der Waals surface area contributed by atoms with Crippen molar-refractivity contribution in [1.29, 1.82) is 0 Å². The lowest BCUT2D eigenvalue weighted by Crippen LogP contribution is -2.10. The quantitative estimate of drug-likeness (QED) is 0.186. The number of fused-ring (bicyclic) bond motifs is 8. The van der Waals surface area contributed by atoms with E-state index in [1.165, 1.54) is 48.1 Å². The Morgan fingerprint density at radius 1 is 0.449 bits per heavy atom. The first-order chi connectivity index (χ1) is 24.3. The lowest BCUT2D eigenvalue weighted by Gasteiger charge is -2.26. The lowest BCUT2D eigenvalue weighted by atomic mass is 10.0. The van der Waals surface area contributed by atoms with Gasteiger partial charge in [-0.2, -0.15) is 0 Å². The zero-order valence-electron chi connectivity index (χ0n) is 26.5. The van der Waals surface area contributed by atoms with Gasteiger partial charge in [0.05, 0.1) is 11.0 Å². The summed E-state index contributed by atoms with van der Waals surface area (Å²) in [5.74, 6) is 0. The number of aromatic nitrogens is 2. The number of para-hydroxylation sites is 3. The van der Waals surface area contributed by atoms with Crippen LogP contribution >= 0.6 is 11.3 Å². The van der Waals surface area contributed by atoms with Gasteiger partial charge in [0.25, 0.3) is 0 Å². The fraction of sp³-hybridized carbons (Fsp3) is 0. The standard InChI is InChI=1S/C45H29N3S/c1-3-12-33(13-4-1)47(36-24-26-39-38-17-9-10-18-42(38)48(43(39)28-36)34-14-5-2-6-15-34)35-22-19-30(20-23-35)32-27-41-40-25-21-31-11-7-8-16-37(31)44(40)49-45(41)46-29-32/h1-29H. The summed E-state index contributed by atoms with van der Waals surface area (Å²) in [5, 5.41) is 7.52. The third-order valence-corrected chi connectivity index (χ3v) is 10.8. The Hall–Kier alpha value is -6.23. The van der Waals surface area contributed by atoms with Crippen LogP contribution in [-0.2, 0) is 0 Å². The number of hydrogen-bond acceptors (Lipinski definition) is 3. The van der Waals surface area contributed by atoms with Gasteiger partial charge in [-0.3, -0.25) is 0 Å². The number of anilines is 3. The monoisotopic (exact) mass is 643 g/mol. The van der Waals surface area contributed by atoms with Gasteiger partial charge in [0, 0.05) is 60.8 Å². The van der Waals surface area contributed by atoms with Crippen LogP contribution in [0.5, 0.6) is 0 Å². The minimum Gasteiger partial charge on any atom is -0.310 e. The fourth-order valence-electron chi connectivity index (χ4n) is 7.33. The number of benzene rings is 7. The van der Waals surface area contributed by atoms with Crippen molar-refractivity contribution >= 4 is 81.3 Å². The topological polar surface area (TPSA) is 21.1 Å². The molecule has 3 heterocycles. The first-order valence-corrected chi connectivity index (χ1v) is 17.4. The molecule has 0 aliphatic rings. The molecule has 10 rings (SSSR count). The van der Waals surface area contributed by atoms with E-state index in [2.05, 4.69) is 179 Å². The van der Waals surface area contributed by atoms with Gasteiger partial charge >= 0.3 is 0 Å². The molecule has 10 aromatic rings. The second-order valence-electron chi connectivity index (χ2n) is 12.4. The first-order valence-electron chi connectivity index (χ1n) is 16.5. The van der Waals surface area contributed by atoms with Crippen molar-refractivity contribution in [2.75, 3.05) is 4.90 Å². The van der Waals surface area contributed by atoms with Gasteiger partial charge in [-0.25, -0.2) is 4.98 Å². The Bertz CT molecular complexity index is 2820. The molecule has 0 radical (unpaired) electrons. The minimum atomic E-state index is 1.07. The molecule has 3 nitrogen and oxygen atoms in total. The van der Waals surface area contributed by atoms with E-state index in [0.29, 0.717) is 0 Å². The number of nitrogens with zero attached hydrogens (tertiary/aromatic N) is 3. The van der Waals surface area contributed by atoms with Crippen LogP contribution < -0.4 is 4.90 Å². The summed E-state index contributed by atoms with van der Waals surface area (Å²) in [4.78, 5) is 8.36. The van der Waals surface area contributed by atoms with Crippen molar-refractivity contribution < 1.29 is 0 Å². The fourth-order valence-corrected chi connectivity index (χ4v) is 8.49. The summed E-state index contributed by atoms with van der Waals surface area (Å²) in [7, 11) is 0. The highest BCUT2D eigenvalue weighted by molar-refractivity contribution is 7.26. The normalized spacial score (nSPS) is 11.7. The second kappa shape index (κ2) is 11.2. The van der Waals surface area contributed by atoms with Crippen molar-refractivity contribution in [3.05, 3.63) is 176 Å². The molecule has 4 heteroatoms. The molecule has 0 amide bonds. The van der Waals surface area contributed by atoms with Crippen LogP contribution in [0, 0.1) is 0 Å². The number of hydrogen-bond donors (Lipinski definition) is 0. The molecule has 0 aliphatic heterocycles. The first kappa shape index (κ1) is 27.8. The van der Waals surface area contributed by atoms with E-state index in [0.717, 1.165) is 38.7 Å². The SMILES string of the molecule is c1ccc(N(c2ccc(-c3cnc4sc5c6ccccc6ccc5c4c3)cc2)c2ccc3c4ccccc4n(-c4ccccc4)c3c2)cc1. The molecule has 49 heavy (non-hydrogen) atoms. The van der Waals surface area contributed by atoms with Crippen LogP contribution in [0.25, 0.3) is 69.7 Å². The lowest BCUT2D eigenvalue weighted by molar-refractivity contribution is 1.18. The highest BCUT2D eigenvalue weighted by atomic mass is 32.1. The predicted octanol–water partition coefficient (Wildman–Crippen LogP) is 12.8. The molecule has 0 atom stereocenters. The third kappa shape index (κ3) is 4.53. The Balaban J connectivity index is 1.09. The van der Waals surface area contributed by atoms with E-state index in [1.54, 1.807) is 11.3 Å². The summed E-state index contributed by atoms with van der Waals surface area (Å²) in [6.07, 6.45) is 2.01. The van der Waals surface area contributed by atoms with Crippen LogP contribution in [0.3, 0.4) is 0 Å². The zero-order valence-corrected chi connectivity index (χ0v) is 27.3. The summed E-state index contributed by atoms with van der Waals surface area (Å²) in [5.41, 5.74) is 9.10. The number of pyridine rings is 1. The van der Waals surface area contributed by atoms with Crippen LogP contribution in [-0.4, -0.2) is 9.55 Å². The summed E-state index contributed by atoms with van der Waals surface area (Å²) >= 11 is 1.78. The van der Waals surface area contributed by atoms with Crippen molar-refractivity contribution in [1.82, 2.24) is 9.55 Å². The van der Waals surface area contributed by atoms with E-state index in [1.807, 2.05) is 6.20 Å². The van der Waals surface area contributed by atoms with Gasteiger partial charge < -0.3 is 9.47 Å². The van der Waals surface area contributed by atoms with Crippen molar-refractivity contribution in [2.45, 2.75) is 0 Å². The zero-order chi connectivity index (χ0) is 32.3. The predicted molar refractivity (Wildman–Crippen MR) is 209 cm³/mol. The highest BCUT2D eigenvalue weighted by Crippen LogP contribution is 2.41. The summed E-state index contributed by atoms with van der Waals surface area (Å²) in [6.45, 7) is 0. The van der Waals surface area contributed by atoms with Gasteiger partial charge in [-0.1, -0.05) is 109 Å². The maximum atomic E-state index is 4.94. The molecule has 0 spiro atoms. The molecule has 0 N–H and O–H groups in total. The molecular weight excluding hydrogens is 615 g/mol. The number of thiophene rings is 1. The van der Waals surface area contributed by atoms with Crippen LogP contribution in [0.1, 0.15) is 0 Å². The maximum absolute atomic E-state index is 4.94. The molecule has 7 aromatic carbocycles. The van der Waals surface area contributed by atoms with Crippen LogP contribution in [0.2, 0.25) is 0 Å². The molecule has 0 saturated heterocycles.